The fraction of sp³-hybridized carbons (Fsp3) is 0.611. The van der Waals surface area contributed by atoms with Crippen LogP contribution < -0.4 is 5.32 Å². The van der Waals surface area contributed by atoms with Crippen LogP contribution in [0.2, 0.25) is 0 Å². The average Bonchev–Trinajstić information content (AvgIpc) is 2.54. The van der Waals surface area contributed by atoms with Crippen molar-refractivity contribution >= 4 is 15.7 Å². The molecule has 0 saturated carbocycles. The van der Waals surface area contributed by atoms with Crippen molar-refractivity contribution in [2.45, 2.75) is 43.5 Å². The van der Waals surface area contributed by atoms with Crippen molar-refractivity contribution in [1.29, 1.82) is 0 Å². The van der Waals surface area contributed by atoms with Crippen molar-refractivity contribution in [3.63, 3.8) is 0 Å². The molecule has 0 spiro atoms. The van der Waals surface area contributed by atoms with Gasteiger partial charge < -0.3 is 10.2 Å². The number of piperidine rings is 1. The summed E-state index contributed by atoms with van der Waals surface area (Å²) in [6.07, 6.45) is 4.69. The molecule has 0 radical (unpaired) electrons. The fourth-order valence-corrected chi connectivity index (χ4v) is 3.78. The van der Waals surface area contributed by atoms with Gasteiger partial charge in [0.2, 0.25) is 5.91 Å². The molecule has 0 unspecified atom stereocenters. The van der Waals surface area contributed by atoms with E-state index in [9.17, 15) is 13.2 Å². The van der Waals surface area contributed by atoms with Crippen LogP contribution in [0.3, 0.4) is 0 Å². The van der Waals surface area contributed by atoms with Gasteiger partial charge in [-0.15, -0.1) is 0 Å². The SMILES string of the molecule is CC[C@@H](NC(=O)CC1CCN(C)CC1)c1ccc(S(C)(=O)=O)cc1. The van der Waals surface area contributed by atoms with Crippen molar-refractivity contribution < 1.29 is 13.2 Å². The van der Waals surface area contributed by atoms with Crippen molar-refractivity contribution in [2.24, 2.45) is 5.92 Å². The minimum Gasteiger partial charge on any atom is -0.349 e. The van der Waals surface area contributed by atoms with Crippen LogP contribution in [0.4, 0.5) is 0 Å². The normalized spacial score (nSPS) is 18.3. The standard InChI is InChI=1S/C18H28N2O3S/c1-4-17(15-5-7-16(8-6-15)24(3,22)23)19-18(21)13-14-9-11-20(2)12-10-14/h5-8,14,17H,4,9-13H2,1-3H3,(H,19,21)/t17-/m1/s1. The molecule has 1 aromatic rings. The van der Waals surface area contributed by atoms with Crippen molar-refractivity contribution in [3.8, 4) is 0 Å². The highest BCUT2D eigenvalue weighted by atomic mass is 32.2. The minimum atomic E-state index is -3.19. The average molecular weight is 353 g/mol. The summed E-state index contributed by atoms with van der Waals surface area (Å²) in [6, 6.07) is 6.73. The summed E-state index contributed by atoms with van der Waals surface area (Å²) in [5.74, 6) is 0.551. The molecule has 1 saturated heterocycles. The molecular weight excluding hydrogens is 324 g/mol. The quantitative estimate of drug-likeness (QED) is 0.854. The lowest BCUT2D eigenvalue weighted by Crippen LogP contribution is -2.34. The van der Waals surface area contributed by atoms with Gasteiger partial charge in [-0.3, -0.25) is 4.79 Å². The highest BCUT2D eigenvalue weighted by Crippen LogP contribution is 2.22. The van der Waals surface area contributed by atoms with E-state index in [2.05, 4.69) is 17.3 Å². The number of hydrogen-bond donors (Lipinski definition) is 1. The summed E-state index contributed by atoms with van der Waals surface area (Å²) < 4.78 is 23.1. The van der Waals surface area contributed by atoms with E-state index in [1.165, 1.54) is 6.26 Å². The van der Waals surface area contributed by atoms with Gasteiger partial charge >= 0.3 is 0 Å². The Balaban J connectivity index is 1.94. The van der Waals surface area contributed by atoms with E-state index >= 15 is 0 Å². The molecular formula is C18H28N2O3S. The van der Waals surface area contributed by atoms with E-state index in [4.69, 9.17) is 0 Å². The number of nitrogens with one attached hydrogen (secondary N) is 1. The number of sulfone groups is 1. The summed E-state index contributed by atoms with van der Waals surface area (Å²) in [7, 11) is -1.08. The highest BCUT2D eigenvalue weighted by Gasteiger charge is 2.21. The second kappa shape index (κ2) is 8.12. The summed E-state index contributed by atoms with van der Waals surface area (Å²) in [5.41, 5.74) is 0.946. The van der Waals surface area contributed by atoms with Crippen LogP contribution in [0, 0.1) is 5.92 Å². The molecule has 5 nitrogen and oxygen atoms in total. The lowest BCUT2D eigenvalue weighted by molar-refractivity contribution is -0.123. The Morgan fingerprint density at radius 2 is 1.83 bits per heavy atom. The first-order valence-corrected chi connectivity index (χ1v) is 10.5. The Kier molecular flexibility index (Phi) is 6.40. The number of benzene rings is 1. The number of rotatable bonds is 6. The summed E-state index contributed by atoms with van der Waals surface area (Å²) in [4.78, 5) is 14.9. The Morgan fingerprint density at radius 1 is 1.25 bits per heavy atom. The van der Waals surface area contributed by atoms with E-state index < -0.39 is 9.84 Å². The van der Waals surface area contributed by atoms with Crippen molar-refractivity contribution in [2.75, 3.05) is 26.4 Å². The number of likely N-dealkylation sites (tertiary alicyclic amines) is 1. The van der Waals surface area contributed by atoms with E-state index in [0.717, 1.165) is 37.9 Å². The molecule has 1 fully saturated rings. The lowest BCUT2D eigenvalue weighted by atomic mass is 9.93. The van der Waals surface area contributed by atoms with E-state index in [1.807, 2.05) is 6.92 Å². The molecule has 1 aromatic carbocycles. The second-order valence-corrected chi connectivity index (χ2v) is 8.84. The first kappa shape index (κ1) is 18.9. The van der Waals surface area contributed by atoms with Gasteiger partial charge in [0.1, 0.15) is 0 Å². The molecule has 1 atom stereocenters. The second-order valence-electron chi connectivity index (χ2n) is 6.82. The zero-order chi connectivity index (χ0) is 17.7. The highest BCUT2D eigenvalue weighted by molar-refractivity contribution is 7.90. The van der Waals surface area contributed by atoms with Gasteiger partial charge in [0.15, 0.2) is 9.84 Å². The number of carbonyl (C=O) groups excluding carboxylic acids is 1. The van der Waals surface area contributed by atoms with Crippen molar-refractivity contribution in [3.05, 3.63) is 29.8 Å². The van der Waals surface area contributed by atoms with Gasteiger partial charge in [-0.2, -0.15) is 0 Å². The molecule has 6 heteroatoms. The maximum Gasteiger partial charge on any atom is 0.220 e. The Hall–Kier alpha value is -1.40. The van der Waals surface area contributed by atoms with Crippen LogP contribution in [0.5, 0.6) is 0 Å². The van der Waals surface area contributed by atoms with Gasteiger partial charge in [0.05, 0.1) is 10.9 Å². The van der Waals surface area contributed by atoms with Crippen LogP contribution >= 0.6 is 0 Å². The fourth-order valence-electron chi connectivity index (χ4n) is 3.15. The van der Waals surface area contributed by atoms with Crippen LogP contribution in [-0.4, -0.2) is 45.6 Å². The largest absolute Gasteiger partial charge is 0.349 e. The number of amides is 1. The molecule has 1 aliphatic heterocycles. The third-order valence-electron chi connectivity index (χ3n) is 4.77. The monoisotopic (exact) mass is 352 g/mol. The molecule has 2 rings (SSSR count). The number of hydrogen-bond acceptors (Lipinski definition) is 4. The van der Waals surface area contributed by atoms with Crippen LogP contribution in [0.25, 0.3) is 0 Å². The zero-order valence-corrected chi connectivity index (χ0v) is 15.6. The predicted molar refractivity (Wildman–Crippen MR) is 95.6 cm³/mol. The van der Waals surface area contributed by atoms with Crippen LogP contribution in [0.1, 0.15) is 44.2 Å². The molecule has 24 heavy (non-hydrogen) atoms. The number of carbonyl (C=O) groups is 1. The number of nitrogens with zero attached hydrogens (tertiary/aromatic N) is 1. The third-order valence-corrected chi connectivity index (χ3v) is 5.89. The summed E-state index contributed by atoms with van der Waals surface area (Å²) in [5, 5.41) is 3.10. The van der Waals surface area contributed by atoms with Gasteiger partial charge in [-0.05, 0) is 63.0 Å². The molecule has 1 heterocycles. The Labute approximate surface area is 145 Å². The molecule has 1 N–H and O–H groups in total. The van der Waals surface area contributed by atoms with Crippen LogP contribution in [0.15, 0.2) is 29.2 Å². The van der Waals surface area contributed by atoms with Crippen molar-refractivity contribution in [1.82, 2.24) is 10.2 Å². The summed E-state index contributed by atoms with van der Waals surface area (Å²) in [6.45, 7) is 4.13. The van der Waals surface area contributed by atoms with Gasteiger partial charge in [0.25, 0.3) is 0 Å². The molecule has 0 aliphatic carbocycles. The van der Waals surface area contributed by atoms with Gasteiger partial charge in [-0.25, -0.2) is 8.42 Å². The predicted octanol–water partition coefficient (Wildman–Crippen LogP) is 2.39. The Morgan fingerprint density at radius 3 is 2.33 bits per heavy atom. The maximum atomic E-state index is 12.3. The molecule has 0 aromatic heterocycles. The third kappa shape index (κ3) is 5.31. The minimum absolute atomic E-state index is 0.0719. The van der Waals surface area contributed by atoms with E-state index in [0.29, 0.717) is 17.2 Å². The first-order chi connectivity index (χ1) is 11.3. The topological polar surface area (TPSA) is 66.5 Å². The lowest BCUT2D eigenvalue weighted by Gasteiger charge is -2.29. The van der Waals surface area contributed by atoms with Crippen LogP contribution in [-0.2, 0) is 14.6 Å². The maximum absolute atomic E-state index is 12.3. The zero-order valence-electron chi connectivity index (χ0n) is 14.8. The molecule has 134 valence electrons. The smallest absolute Gasteiger partial charge is 0.220 e. The van der Waals surface area contributed by atoms with Gasteiger partial charge in [0, 0.05) is 12.7 Å². The molecule has 1 aliphatic rings. The van der Waals surface area contributed by atoms with Gasteiger partial charge in [-0.1, -0.05) is 19.1 Å². The first-order valence-electron chi connectivity index (χ1n) is 8.57. The molecule has 0 bridgehead atoms. The van der Waals surface area contributed by atoms with E-state index in [-0.39, 0.29) is 11.9 Å². The molecule has 1 amide bonds. The summed E-state index contributed by atoms with van der Waals surface area (Å²) >= 11 is 0. The Bertz CT molecular complexity index is 647. The van der Waals surface area contributed by atoms with E-state index in [1.54, 1.807) is 24.3 Å².